The number of aromatic nitrogens is 1. The van der Waals surface area contributed by atoms with Crippen LogP contribution in [0.4, 0.5) is 0 Å². The number of amides is 2. The Hall–Kier alpha value is -2.67. The second-order valence-corrected chi connectivity index (χ2v) is 9.11. The van der Waals surface area contributed by atoms with Crippen LogP contribution in [0.5, 0.6) is 5.88 Å². The van der Waals surface area contributed by atoms with Crippen LogP contribution < -0.4 is 4.74 Å². The van der Waals surface area contributed by atoms with Gasteiger partial charge in [-0.2, -0.15) is 0 Å². The summed E-state index contributed by atoms with van der Waals surface area (Å²) in [5, 5.41) is 12.5. The van der Waals surface area contributed by atoms with Gasteiger partial charge >= 0.3 is 0 Å². The van der Waals surface area contributed by atoms with E-state index >= 15 is 0 Å². The molecular weight excluding hydrogens is 382 g/mol. The third kappa shape index (κ3) is 3.99. The van der Waals surface area contributed by atoms with Crippen LogP contribution in [0.15, 0.2) is 30.5 Å². The number of carbonyl (C=O) groups excluding carboxylic acids is 2. The van der Waals surface area contributed by atoms with Crippen molar-refractivity contribution in [2.24, 2.45) is 5.41 Å². The Balaban J connectivity index is 1.40. The van der Waals surface area contributed by atoms with Crippen LogP contribution in [-0.2, 0) is 4.79 Å². The molecule has 7 nitrogen and oxygen atoms in total. The molecule has 7 heteroatoms. The summed E-state index contributed by atoms with van der Waals surface area (Å²) in [6.07, 6.45) is 4.55. The minimum absolute atomic E-state index is 0.0771. The first kappa shape index (κ1) is 20.6. The number of ether oxygens (including phenoxy) is 1. The zero-order valence-electron chi connectivity index (χ0n) is 17.9. The molecule has 0 unspecified atom stereocenters. The van der Waals surface area contributed by atoms with E-state index in [2.05, 4.69) is 4.98 Å². The quantitative estimate of drug-likeness (QED) is 0.817. The number of fused-ring (bicyclic) bond motifs is 1. The van der Waals surface area contributed by atoms with Gasteiger partial charge in [0.2, 0.25) is 11.8 Å². The molecule has 2 heterocycles. The number of aliphatic hydroxyl groups is 1. The lowest BCUT2D eigenvalue weighted by Gasteiger charge is -2.38. The average molecular weight is 412 g/mol. The number of hydrogen-bond donors (Lipinski definition) is 1. The van der Waals surface area contributed by atoms with Gasteiger partial charge in [-0.25, -0.2) is 4.98 Å². The van der Waals surface area contributed by atoms with Gasteiger partial charge in [-0.15, -0.1) is 0 Å². The van der Waals surface area contributed by atoms with Gasteiger partial charge in [-0.3, -0.25) is 9.59 Å². The molecule has 1 saturated heterocycles. The van der Waals surface area contributed by atoms with Crippen molar-refractivity contribution in [3.63, 3.8) is 0 Å². The van der Waals surface area contributed by atoms with E-state index < -0.39 is 5.60 Å². The van der Waals surface area contributed by atoms with Gasteiger partial charge in [0.05, 0.1) is 0 Å². The van der Waals surface area contributed by atoms with Crippen molar-refractivity contribution in [3.05, 3.63) is 36.0 Å². The molecule has 0 atom stereocenters. The summed E-state index contributed by atoms with van der Waals surface area (Å²) in [5.41, 5.74) is -0.550. The average Bonchev–Trinajstić information content (AvgIpc) is 3.50. The topological polar surface area (TPSA) is 83.0 Å². The fraction of sp³-hybridized carbons (Fsp3) is 0.522. The van der Waals surface area contributed by atoms with E-state index in [1.165, 1.54) is 4.90 Å². The molecule has 4 rings (SSSR count). The summed E-state index contributed by atoms with van der Waals surface area (Å²) >= 11 is 0. The minimum Gasteiger partial charge on any atom is -0.475 e. The Morgan fingerprint density at radius 1 is 1.20 bits per heavy atom. The fourth-order valence-corrected chi connectivity index (χ4v) is 3.92. The molecule has 160 valence electrons. The Morgan fingerprint density at radius 3 is 2.53 bits per heavy atom. The highest BCUT2D eigenvalue weighted by Gasteiger charge is 2.48. The van der Waals surface area contributed by atoms with Crippen molar-refractivity contribution in [3.8, 4) is 5.88 Å². The zero-order chi connectivity index (χ0) is 21.5. The highest BCUT2D eigenvalue weighted by molar-refractivity contribution is 6.06. The van der Waals surface area contributed by atoms with E-state index in [1.807, 2.05) is 24.0 Å². The van der Waals surface area contributed by atoms with Crippen LogP contribution >= 0.6 is 0 Å². The largest absolute Gasteiger partial charge is 0.475 e. The van der Waals surface area contributed by atoms with Gasteiger partial charge < -0.3 is 19.6 Å². The first-order chi connectivity index (χ1) is 14.2. The molecule has 1 aliphatic heterocycles. The molecule has 2 amide bonds. The summed E-state index contributed by atoms with van der Waals surface area (Å²) < 4.78 is 5.82. The minimum atomic E-state index is -0.972. The maximum absolute atomic E-state index is 12.5. The maximum Gasteiger partial charge on any atom is 0.254 e. The van der Waals surface area contributed by atoms with Crippen molar-refractivity contribution in [2.75, 3.05) is 33.8 Å². The van der Waals surface area contributed by atoms with Gasteiger partial charge in [-0.1, -0.05) is 19.1 Å². The van der Waals surface area contributed by atoms with Gasteiger partial charge in [0.1, 0.15) is 12.2 Å². The van der Waals surface area contributed by atoms with Crippen LogP contribution in [0, 0.1) is 5.41 Å². The van der Waals surface area contributed by atoms with Crippen molar-refractivity contribution in [1.29, 1.82) is 0 Å². The monoisotopic (exact) mass is 411 g/mol. The second-order valence-electron chi connectivity index (χ2n) is 9.11. The van der Waals surface area contributed by atoms with Gasteiger partial charge in [0.25, 0.3) is 5.91 Å². The lowest BCUT2D eigenvalue weighted by molar-refractivity contribution is -0.141. The number of nitrogens with zero attached hydrogens (tertiary/aromatic N) is 3. The number of pyridine rings is 1. The first-order valence-corrected chi connectivity index (χ1v) is 10.5. The summed E-state index contributed by atoms with van der Waals surface area (Å²) in [4.78, 5) is 32.6. The predicted molar refractivity (Wildman–Crippen MR) is 113 cm³/mol. The van der Waals surface area contributed by atoms with Crippen molar-refractivity contribution < 1.29 is 19.4 Å². The number of carbonyl (C=O) groups is 2. The standard InChI is InChI=1S/C23H29N3O4/c1-22(7-8-22)21(28)26-11-9-23(29,10-12-26)15-30-19-13-16-5-4-6-17(18(16)14-24-19)20(27)25(2)3/h4-6,13-14,29H,7-12,15H2,1-3H3. The normalized spacial score (nSPS) is 19.4. The smallest absolute Gasteiger partial charge is 0.254 e. The van der Waals surface area contributed by atoms with E-state index in [9.17, 15) is 14.7 Å². The molecule has 0 radical (unpaired) electrons. The van der Waals surface area contributed by atoms with E-state index in [4.69, 9.17) is 4.74 Å². The molecule has 2 aromatic rings. The molecule has 30 heavy (non-hydrogen) atoms. The number of hydrogen-bond acceptors (Lipinski definition) is 5. The number of rotatable bonds is 5. The van der Waals surface area contributed by atoms with Crippen LogP contribution in [0.1, 0.15) is 43.0 Å². The first-order valence-electron chi connectivity index (χ1n) is 10.5. The highest BCUT2D eigenvalue weighted by atomic mass is 16.5. The van der Waals surface area contributed by atoms with Gasteiger partial charge in [0, 0.05) is 55.8 Å². The fourth-order valence-electron chi connectivity index (χ4n) is 3.92. The Bertz CT molecular complexity index is 976. The summed E-state index contributed by atoms with van der Waals surface area (Å²) in [5.74, 6) is 0.547. The van der Waals surface area contributed by atoms with Crippen LogP contribution in [0.3, 0.4) is 0 Å². The van der Waals surface area contributed by atoms with Crippen molar-refractivity contribution in [1.82, 2.24) is 14.8 Å². The van der Waals surface area contributed by atoms with E-state index in [1.54, 1.807) is 32.4 Å². The molecule has 2 aliphatic rings. The summed E-state index contributed by atoms with van der Waals surface area (Å²) in [6.45, 7) is 3.24. The molecule has 2 fully saturated rings. The van der Waals surface area contributed by atoms with Crippen molar-refractivity contribution >= 4 is 22.6 Å². The summed E-state index contributed by atoms with van der Waals surface area (Å²) in [7, 11) is 3.44. The number of piperidine rings is 1. The molecule has 0 spiro atoms. The Morgan fingerprint density at radius 2 is 1.90 bits per heavy atom. The predicted octanol–water partition coefficient (Wildman–Crippen LogP) is 2.47. The SMILES string of the molecule is CN(C)C(=O)c1cccc2cc(OCC3(O)CCN(C(=O)C4(C)CC4)CC3)ncc12. The van der Waals surface area contributed by atoms with Crippen LogP contribution in [0.2, 0.25) is 0 Å². The van der Waals surface area contributed by atoms with Crippen LogP contribution in [-0.4, -0.2) is 71.1 Å². The molecule has 1 aromatic heterocycles. The third-order valence-corrected chi connectivity index (χ3v) is 6.36. The second kappa shape index (κ2) is 7.54. The Kier molecular flexibility index (Phi) is 5.18. The third-order valence-electron chi connectivity index (χ3n) is 6.36. The molecular formula is C23H29N3O4. The molecule has 0 bridgehead atoms. The zero-order valence-corrected chi connectivity index (χ0v) is 17.9. The molecule has 1 saturated carbocycles. The molecule has 1 aromatic carbocycles. The van der Waals surface area contributed by atoms with E-state index in [-0.39, 0.29) is 23.8 Å². The number of benzene rings is 1. The lowest BCUT2D eigenvalue weighted by atomic mass is 9.91. The summed E-state index contributed by atoms with van der Waals surface area (Å²) in [6, 6.07) is 7.32. The van der Waals surface area contributed by atoms with E-state index in [0.29, 0.717) is 37.4 Å². The van der Waals surface area contributed by atoms with Crippen LogP contribution in [0.25, 0.3) is 10.8 Å². The number of likely N-dealkylation sites (tertiary alicyclic amines) is 1. The van der Waals surface area contributed by atoms with E-state index in [0.717, 1.165) is 23.6 Å². The molecule has 1 aliphatic carbocycles. The van der Waals surface area contributed by atoms with Crippen molar-refractivity contribution in [2.45, 2.75) is 38.2 Å². The van der Waals surface area contributed by atoms with Gasteiger partial charge in [0.15, 0.2) is 0 Å². The van der Waals surface area contributed by atoms with Gasteiger partial charge in [-0.05, 0) is 37.1 Å². The Labute approximate surface area is 176 Å². The molecule has 1 N–H and O–H groups in total. The highest BCUT2D eigenvalue weighted by Crippen LogP contribution is 2.47. The maximum atomic E-state index is 12.5. The lowest BCUT2D eigenvalue weighted by Crippen LogP contribution is -2.50.